The van der Waals surface area contributed by atoms with Crippen LogP contribution in [0.1, 0.15) is 32.6 Å². The first-order valence-electron chi connectivity index (χ1n) is 7.22. The minimum atomic E-state index is -0.0873. The number of hydrogen-bond donors (Lipinski definition) is 1. The predicted molar refractivity (Wildman–Crippen MR) is 85.3 cm³/mol. The van der Waals surface area contributed by atoms with Gasteiger partial charge in [0.25, 0.3) is 5.56 Å². The molecule has 0 radical (unpaired) electrons. The topological polar surface area (TPSA) is 50.2 Å². The van der Waals surface area contributed by atoms with E-state index in [1.807, 2.05) is 0 Å². The van der Waals surface area contributed by atoms with E-state index in [-0.39, 0.29) is 5.56 Å². The second-order valence-electron chi connectivity index (χ2n) is 5.45. The monoisotopic (exact) mass is 342 g/mol. The molecule has 1 N–H and O–H groups in total. The Morgan fingerprint density at radius 1 is 1.45 bits per heavy atom. The average Bonchev–Trinajstić information content (AvgIpc) is 2.45. The molecule has 5 nitrogen and oxygen atoms in total. The van der Waals surface area contributed by atoms with Crippen molar-refractivity contribution >= 4 is 21.6 Å². The summed E-state index contributed by atoms with van der Waals surface area (Å²) in [5, 5.41) is 7.64. The lowest BCUT2D eigenvalue weighted by Gasteiger charge is -2.36. The van der Waals surface area contributed by atoms with Crippen LogP contribution < -0.4 is 15.8 Å². The Bertz CT molecular complexity index is 508. The fourth-order valence-corrected chi connectivity index (χ4v) is 3.54. The van der Waals surface area contributed by atoms with Crippen molar-refractivity contribution in [2.75, 3.05) is 18.5 Å². The summed E-state index contributed by atoms with van der Waals surface area (Å²) in [5.74, 6) is 0. The number of halogens is 1. The standard InChI is InChI=1S/C14H23BrN4O/c1-4-16-10-5-7-11(8-6-10)18(2)12-9-17-19(3)14(20)13(12)15/h9-11,16H,4-8H2,1-3H3. The van der Waals surface area contributed by atoms with Crippen molar-refractivity contribution < 1.29 is 0 Å². The third kappa shape index (κ3) is 3.23. The van der Waals surface area contributed by atoms with E-state index in [4.69, 9.17) is 0 Å². The summed E-state index contributed by atoms with van der Waals surface area (Å²) in [5.41, 5.74) is 0.802. The molecule has 0 atom stereocenters. The molecule has 1 saturated carbocycles. The van der Waals surface area contributed by atoms with Crippen LogP contribution in [-0.2, 0) is 7.05 Å². The van der Waals surface area contributed by atoms with E-state index in [1.165, 1.54) is 17.5 Å². The van der Waals surface area contributed by atoms with Gasteiger partial charge in [-0.3, -0.25) is 4.79 Å². The van der Waals surface area contributed by atoms with Crippen molar-refractivity contribution in [3.05, 3.63) is 21.0 Å². The van der Waals surface area contributed by atoms with Crippen LogP contribution in [0.3, 0.4) is 0 Å². The zero-order valence-corrected chi connectivity index (χ0v) is 14.0. The molecule has 1 aliphatic carbocycles. The number of nitrogens with zero attached hydrogens (tertiary/aromatic N) is 3. The highest BCUT2D eigenvalue weighted by atomic mass is 79.9. The van der Waals surface area contributed by atoms with E-state index in [1.54, 1.807) is 13.2 Å². The SMILES string of the molecule is CCNC1CCC(N(C)c2cnn(C)c(=O)c2Br)CC1. The van der Waals surface area contributed by atoms with Crippen molar-refractivity contribution in [2.24, 2.45) is 7.05 Å². The summed E-state index contributed by atoms with van der Waals surface area (Å²) in [4.78, 5) is 14.1. The van der Waals surface area contributed by atoms with Crippen molar-refractivity contribution in [1.82, 2.24) is 15.1 Å². The number of aryl methyl sites for hydroxylation is 1. The normalized spacial score (nSPS) is 22.8. The van der Waals surface area contributed by atoms with Gasteiger partial charge in [0.05, 0.1) is 11.9 Å². The molecule has 0 bridgehead atoms. The molecule has 1 fully saturated rings. The fourth-order valence-electron chi connectivity index (χ4n) is 2.90. The van der Waals surface area contributed by atoms with Crippen molar-refractivity contribution in [1.29, 1.82) is 0 Å². The van der Waals surface area contributed by atoms with E-state index in [0.717, 1.165) is 25.1 Å². The van der Waals surface area contributed by atoms with E-state index in [2.05, 4.69) is 45.2 Å². The Kier molecular flexibility index (Phi) is 5.21. The molecule has 1 aliphatic rings. The quantitative estimate of drug-likeness (QED) is 0.907. The third-order valence-electron chi connectivity index (χ3n) is 4.18. The molecule has 0 unspecified atom stereocenters. The van der Waals surface area contributed by atoms with Gasteiger partial charge in [-0.2, -0.15) is 5.10 Å². The Labute approximate surface area is 128 Å². The molecule has 0 aliphatic heterocycles. The second-order valence-corrected chi connectivity index (χ2v) is 6.24. The highest BCUT2D eigenvalue weighted by molar-refractivity contribution is 9.10. The maximum absolute atomic E-state index is 11.9. The number of rotatable bonds is 4. The van der Waals surface area contributed by atoms with Crippen LogP contribution in [0.2, 0.25) is 0 Å². The third-order valence-corrected chi connectivity index (χ3v) is 4.92. The van der Waals surface area contributed by atoms with Gasteiger partial charge in [0, 0.05) is 26.2 Å². The van der Waals surface area contributed by atoms with Gasteiger partial charge in [-0.25, -0.2) is 4.68 Å². The van der Waals surface area contributed by atoms with Gasteiger partial charge in [-0.05, 0) is 48.2 Å². The maximum Gasteiger partial charge on any atom is 0.282 e. The molecule has 0 aromatic carbocycles. The molecular formula is C14H23BrN4O. The second kappa shape index (κ2) is 6.72. The van der Waals surface area contributed by atoms with Gasteiger partial charge in [0.15, 0.2) is 0 Å². The van der Waals surface area contributed by atoms with E-state index in [0.29, 0.717) is 16.6 Å². The van der Waals surface area contributed by atoms with Crippen molar-refractivity contribution in [2.45, 2.75) is 44.7 Å². The Morgan fingerprint density at radius 3 is 2.70 bits per heavy atom. The van der Waals surface area contributed by atoms with Crippen LogP contribution in [0.5, 0.6) is 0 Å². The average molecular weight is 343 g/mol. The minimum Gasteiger partial charge on any atom is -0.369 e. The molecule has 2 rings (SSSR count). The Morgan fingerprint density at radius 2 is 2.10 bits per heavy atom. The molecule has 0 amide bonds. The maximum atomic E-state index is 11.9. The van der Waals surface area contributed by atoms with Gasteiger partial charge in [-0.1, -0.05) is 6.92 Å². The predicted octanol–water partition coefficient (Wildman–Crippen LogP) is 1.90. The van der Waals surface area contributed by atoms with Gasteiger partial charge in [-0.15, -0.1) is 0 Å². The number of hydrogen-bond acceptors (Lipinski definition) is 4. The smallest absolute Gasteiger partial charge is 0.282 e. The summed E-state index contributed by atoms with van der Waals surface area (Å²) in [7, 11) is 3.72. The first kappa shape index (κ1) is 15.5. The van der Waals surface area contributed by atoms with E-state index < -0.39 is 0 Å². The van der Waals surface area contributed by atoms with Crippen LogP contribution >= 0.6 is 15.9 Å². The summed E-state index contributed by atoms with van der Waals surface area (Å²) >= 11 is 3.41. The molecule has 0 spiro atoms. The van der Waals surface area contributed by atoms with Gasteiger partial charge >= 0.3 is 0 Å². The Balaban J connectivity index is 2.08. The lowest BCUT2D eigenvalue weighted by atomic mass is 9.90. The molecule has 112 valence electrons. The molecular weight excluding hydrogens is 320 g/mol. The minimum absolute atomic E-state index is 0.0873. The highest BCUT2D eigenvalue weighted by Gasteiger charge is 2.25. The zero-order valence-electron chi connectivity index (χ0n) is 12.4. The summed E-state index contributed by atoms with van der Waals surface area (Å²) < 4.78 is 1.95. The molecule has 0 saturated heterocycles. The van der Waals surface area contributed by atoms with E-state index in [9.17, 15) is 4.79 Å². The molecule has 1 heterocycles. The number of aromatic nitrogens is 2. The van der Waals surface area contributed by atoms with Gasteiger partial charge in [0.2, 0.25) is 0 Å². The lowest BCUT2D eigenvalue weighted by molar-refractivity contribution is 0.341. The largest absolute Gasteiger partial charge is 0.369 e. The first-order chi connectivity index (χ1) is 9.54. The fraction of sp³-hybridized carbons (Fsp3) is 0.714. The molecule has 6 heteroatoms. The Hall–Kier alpha value is -0.880. The van der Waals surface area contributed by atoms with Gasteiger partial charge < -0.3 is 10.2 Å². The molecule has 1 aromatic heterocycles. The zero-order chi connectivity index (χ0) is 14.7. The first-order valence-corrected chi connectivity index (χ1v) is 8.02. The van der Waals surface area contributed by atoms with E-state index >= 15 is 0 Å². The van der Waals surface area contributed by atoms with Crippen LogP contribution in [0.25, 0.3) is 0 Å². The number of nitrogens with one attached hydrogen (secondary N) is 1. The molecule has 1 aromatic rings. The summed E-state index contributed by atoms with van der Waals surface area (Å²) in [6.07, 6.45) is 6.45. The van der Waals surface area contributed by atoms with Crippen LogP contribution in [0.4, 0.5) is 5.69 Å². The number of anilines is 1. The van der Waals surface area contributed by atoms with Crippen LogP contribution in [0.15, 0.2) is 15.5 Å². The van der Waals surface area contributed by atoms with Crippen LogP contribution in [0, 0.1) is 0 Å². The highest BCUT2D eigenvalue weighted by Crippen LogP contribution is 2.29. The summed E-state index contributed by atoms with van der Waals surface area (Å²) in [6.45, 7) is 3.19. The lowest BCUT2D eigenvalue weighted by Crippen LogP contribution is -2.41. The van der Waals surface area contributed by atoms with Crippen molar-refractivity contribution in [3.8, 4) is 0 Å². The molecule has 20 heavy (non-hydrogen) atoms. The summed E-state index contributed by atoms with van der Waals surface area (Å²) in [6, 6.07) is 1.13. The van der Waals surface area contributed by atoms with Crippen LogP contribution in [-0.4, -0.2) is 35.5 Å². The van der Waals surface area contributed by atoms with Gasteiger partial charge in [0.1, 0.15) is 4.47 Å². The van der Waals surface area contributed by atoms with Crippen molar-refractivity contribution in [3.63, 3.8) is 0 Å².